The van der Waals surface area contributed by atoms with E-state index in [9.17, 15) is 4.79 Å². The van der Waals surface area contributed by atoms with Gasteiger partial charge in [-0.2, -0.15) is 0 Å². The van der Waals surface area contributed by atoms with Crippen molar-refractivity contribution in [3.05, 3.63) is 28.2 Å². The summed E-state index contributed by atoms with van der Waals surface area (Å²) in [6.07, 6.45) is 2.25. The summed E-state index contributed by atoms with van der Waals surface area (Å²) in [7, 11) is 0. The molecule has 2 N–H and O–H groups in total. The first-order chi connectivity index (χ1) is 9.65. The second kappa shape index (κ2) is 8.13. The number of benzene rings is 1. The zero-order chi connectivity index (χ0) is 14.4. The van der Waals surface area contributed by atoms with Gasteiger partial charge in [-0.1, -0.05) is 23.2 Å². The van der Waals surface area contributed by atoms with Crippen molar-refractivity contribution < 1.29 is 4.79 Å². The second-order valence-electron chi connectivity index (χ2n) is 4.86. The number of carbonyl (C=O) groups is 1. The Morgan fingerprint density at radius 2 is 2.30 bits per heavy atom. The molecule has 0 aromatic heterocycles. The van der Waals surface area contributed by atoms with E-state index in [1.165, 1.54) is 18.2 Å². The number of halogens is 2. The van der Waals surface area contributed by atoms with Crippen LogP contribution in [0.5, 0.6) is 0 Å². The van der Waals surface area contributed by atoms with E-state index in [2.05, 4.69) is 10.6 Å². The topological polar surface area (TPSA) is 41.1 Å². The third-order valence-corrected chi connectivity index (χ3v) is 5.02. The van der Waals surface area contributed by atoms with Crippen molar-refractivity contribution in [1.29, 1.82) is 0 Å². The van der Waals surface area contributed by atoms with Crippen LogP contribution in [0.3, 0.4) is 0 Å². The summed E-state index contributed by atoms with van der Waals surface area (Å²) in [5.74, 6) is 1.10. The number of hydrogen-bond acceptors (Lipinski definition) is 3. The van der Waals surface area contributed by atoms with E-state index < -0.39 is 0 Å². The molecule has 3 nitrogen and oxygen atoms in total. The highest BCUT2D eigenvalue weighted by Gasteiger charge is 2.14. The van der Waals surface area contributed by atoms with Crippen molar-refractivity contribution in [2.45, 2.75) is 17.7 Å². The molecule has 1 atom stereocenters. The van der Waals surface area contributed by atoms with Gasteiger partial charge in [-0.15, -0.1) is 11.8 Å². The van der Waals surface area contributed by atoms with Crippen LogP contribution in [0.2, 0.25) is 10.0 Å². The van der Waals surface area contributed by atoms with Crippen LogP contribution in [0.25, 0.3) is 0 Å². The molecule has 0 bridgehead atoms. The van der Waals surface area contributed by atoms with Crippen LogP contribution >= 0.6 is 35.0 Å². The molecule has 1 unspecified atom stereocenters. The minimum absolute atomic E-state index is 0.0389. The second-order valence-corrected chi connectivity index (χ2v) is 6.72. The highest BCUT2D eigenvalue weighted by atomic mass is 35.5. The number of amides is 1. The van der Waals surface area contributed by atoms with Crippen LogP contribution in [-0.4, -0.2) is 31.3 Å². The molecule has 0 aliphatic carbocycles. The minimum atomic E-state index is 0.0389. The Labute approximate surface area is 133 Å². The summed E-state index contributed by atoms with van der Waals surface area (Å²) in [6.45, 7) is 2.92. The van der Waals surface area contributed by atoms with E-state index in [-0.39, 0.29) is 5.91 Å². The van der Waals surface area contributed by atoms with Crippen LogP contribution in [0.1, 0.15) is 12.8 Å². The van der Waals surface area contributed by atoms with Gasteiger partial charge < -0.3 is 10.6 Å². The molecule has 1 aliphatic rings. The lowest BCUT2D eigenvalue weighted by atomic mass is 10.1. The van der Waals surface area contributed by atoms with E-state index >= 15 is 0 Å². The van der Waals surface area contributed by atoms with Crippen LogP contribution in [0.15, 0.2) is 23.1 Å². The average molecular weight is 333 g/mol. The number of nitrogens with one attached hydrogen (secondary N) is 2. The third kappa shape index (κ3) is 5.17. The number of thioether (sulfide) groups is 1. The normalized spacial score (nSPS) is 18.2. The van der Waals surface area contributed by atoms with Crippen LogP contribution < -0.4 is 10.6 Å². The molecule has 1 heterocycles. The molecule has 1 aromatic carbocycles. The number of hydrogen-bond donors (Lipinski definition) is 2. The molecule has 2 rings (SSSR count). The van der Waals surface area contributed by atoms with Crippen molar-refractivity contribution >= 4 is 40.9 Å². The molecule has 1 aromatic rings. The van der Waals surface area contributed by atoms with Crippen molar-refractivity contribution in [3.8, 4) is 0 Å². The Bertz CT molecular complexity index is 464. The summed E-state index contributed by atoms with van der Waals surface area (Å²) in [6, 6.07) is 5.27. The standard InChI is InChI=1S/C14H18Cl2N2OS/c15-11-1-2-12(16)13(7-11)20-9-14(19)18-6-4-10-3-5-17-8-10/h1-2,7,10,17H,3-6,8-9H2,(H,18,19). The van der Waals surface area contributed by atoms with Crippen molar-refractivity contribution in [2.75, 3.05) is 25.4 Å². The predicted molar refractivity (Wildman–Crippen MR) is 85.8 cm³/mol. The zero-order valence-corrected chi connectivity index (χ0v) is 13.5. The highest BCUT2D eigenvalue weighted by Crippen LogP contribution is 2.29. The van der Waals surface area contributed by atoms with Gasteiger partial charge in [-0.25, -0.2) is 0 Å². The van der Waals surface area contributed by atoms with Crippen LogP contribution in [0.4, 0.5) is 0 Å². The molecule has 1 saturated heterocycles. The smallest absolute Gasteiger partial charge is 0.230 e. The van der Waals surface area contributed by atoms with Gasteiger partial charge in [0.15, 0.2) is 0 Å². The number of rotatable bonds is 6. The maximum atomic E-state index is 11.8. The maximum Gasteiger partial charge on any atom is 0.230 e. The molecule has 110 valence electrons. The number of carbonyl (C=O) groups excluding carboxylic acids is 1. The highest BCUT2D eigenvalue weighted by molar-refractivity contribution is 8.00. The molecule has 20 heavy (non-hydrogen) atoms. The molecule has 0 spiro atoms. The molecule has 1 fully saturated rings. The Hall–Kier alpha value is -0.420. The lowest BCUT2D eigenvalue weighted by Crippen LogP contribution is -2.27. The van der Waals surface area contributed by atoms with Crippen LogP contribution in [0, 0.1) is 5.92 Å². The molecule has 0 radical (unpaired) electrons. The van der Waals surface area contributed by atoms with Crippen molar-refractivity contribution in [1.82, 2.24) is 10.6 Å². The van der Waals surface area contributed by atoms with Gasteiger partial charge in [0.25, 0.3) is 0 Å². The Balaban J connectivity index is 1.67. The first kappa shape index (κ1) is 16.0. The fourth-order valence-electron chi connectivity index (χ4n) is 2.16. The third-order valence-electron chi connectivity index (χ3n) is 3.29. The molecule has 0 saturated carbocycles. The van der Waals surface area contributed by atoms with Gasteiger partial charge in [-0.3, -0.25) is 4.79 Å². The van der Waals surface area contributed by atoms with Gasteiger partial charge >= 0.3 is 0 Å². The van der Waals surface area contributed by atoms with Gasteiger partial charge in [-0.05, 0) is 50.0 Å². The zero-order valence-electron chi connectivity index (χ0n) is 11.1. The summed E-state index contributed by atoms with van der Waals surface area (Å²) < 4.78 is 0. The lowest BCUT2D eigenvalue weighted by molar-refractivity contribution is -0.118. The van der Waals surface area contributed by atoms with E-state index in [1.807, 2.05) is 0 Å². The molecule has 1 aliphatic heterocycles. The summed E-state index contributed by atoms with van der Waals surface area (Å²) in [5, 5.41) is 7.53. The van der Waals surface area contributed by atoms with Crippen molar-refractivity contribution in [3.63, 3.8) is 0 Å². The van der Waals surface area contributed by atoms with E-state index in [0.29, 0.717) is 21.7 Å². The Kier molecular flexibility index (Phi) is 6.49. The molecule has 6 heteroatoms. The summed E-state index contributed by atoms with van der Waals surface area (Å²) in [4.78, 5) is 12.6. The SMILES string of the molecule is O=C(CSc1cc(Cl)ccc1Cl)NCCC1CCNC1. The van der Waals surface area contributed by atoms with Gasteiger partial charge in [0.1, 0.15) is 0 Å². The quantitative estimate of drug-likeness (QED) is 0.786. The Morgan fingerprint density at radius 1 is 1.45 bits per heavy atom. The van der Waals surface area contributed by atoms with Crippen molar-refractivity contribution in [2.24, 2.45) is 5.92 Å². The average Bonchev–Trinajstić information content (AvgIpc) is 2.93. The fraction of sp³-hybridized carbons (Fsp3) is 0.500. The predicted octanol–water partition coefficient (Wildman–Crippen LogP) is 3.20. The van der Waals surface area contributed by atoms with Gasteiger partial charge in [0.2, 0.25) is 5.91 Å². The van der Waals surface area contributed by atoms with E-state index in [0.717, 1.165) is 31.0 Å². The monoisotopic (exact) mass is 332 g/mol. The summed E-state index contributed by atoms with van der Waals surface area (Å²) >= 11 is 13.4. The lowest BCUT2D eigenvalue weighted by Gasteiger charge is -2.09. The summed E-state index contributed by atoms with van der Waals surface area (Å²) in [5.41, 5.74) is 0. The minimum Gasteiger partial charge on any atom is -0.355 e. The molecule has 1 amide bonds. The first-order valence-electron chi connectivity index (χ1n) is 6.70. The van der Waals surface area contributed by atoms with Crippen LogP contribution in [-0.2, 0) is 4.79 Å². The largest absolute Gasteiger partial charge is 0.355 e. The molecular formula is C14H18Cl2N2OS. The Morgan fingerprint density at radius 3 is 3.05 bits per heavy atom. The fourth-order valence-corrected chi connectivity index (χ4v) is 3.48. The first-order valence-corrected chi connectivity index (χ1v) is 8.44. The van der Waals surface area contributed by atoms with Gasteiger partial charge in [0.05, 0.1) is 10.8 Å². The van der Waals surface area contributed by atoms with Gasteiger partial charge in [0, 0.05) is 16.5 Å². The van der Waals surface area contributed by atoms with E-state index in [4.69, 9.17) is 23.2 Å². The maximum absolute atomic E-state index is 11.8. The molecular weight excluding hydrogens is 315 g/mol. The van der Waals surface area contributed by atoms with E-state index in [1.54, 1.807) is 18.2 Å².